The molecule has 1 unspecified atom stereocenters. The molecule has 0 bridgehead atoms. The third-order valence-corrected chi connectivity index (χ3v) is 5.99. The average Bonchev–Trinajstić information content (AvgIpc) is 2.86. The van der Waals surface area contributed by atoms with Crippen LogP contribution in [0, 0.1) is 6.92 Å². The van der Waals surface area contributed by atoms with Crippen LogP contribution in [0.1, 0.15) is 30.7 Å². The molecule has 0 amide bonds. The summed E-state index contributed by atoms with van der Waals surface area (Å²) in [6.45, 7) is 10.9. The Balaban J connectivity index is 1.55. The molecule has 4 rings (SSSR count). The van der Waals surface area contributed by atoms with Crippen molar-refractivity contribution in [2.45, 2.75) is 38.3 Å². The first-order chi connectivity index (χ1) is 13.1. The molecule has 4 heterocycles. The van der Waals surface area contributed by atoms with Gasteiger partial charge < -0.3 is 19.3 Å². The van der Waals surface area contributed by atoms with Gasteiger partial charge in [0.2, 0.25) is 5.95 Å². The van der Waals surface area contributed by atoms with E-state index < -0.39 is 0 Å². The van der Waals surface area contributed by atoms with Gasteiger partial charge in [0.05, 0.1) is 37.7 Å². The van der Waals surface area contributed by atoms with Crippen LogP contribution < -0.4 is 4.90 Å². The lowest BCUT2D eigenvalue weighted by molar-refractivity contribution is -0.104. The highest BCUT2D eigenvalue weighted by Gasteiger charge is 2.42. The van der Waals surface area contributed by atoms with Crippen molar-refractivity contribution >= 4 is 5.95 Å². The summed E-state index contributed by atoms with van der Waals surface area (Å²) in [5.74, 6) is 0.904. The quantitative estimate of drug-likeness (QED) is 0.789. The van der Waals surface area contributed by atoms with Crippen LogP contribution in [0.5, 0.6) is 0 Å². The Morgan fingerprint density at radius 2 is 1.74 bits per heavy atom. The Bertz CT molecular complexity index is 637. The van der Waals surface area contributed by atoms with E-state index >= 15 is 0 Å². The summed E-state index contributed by atoms with van der Waals surface area (Å²) in [7, 11) is 2.17. The summed E-state index contributed by atoms with van der Waals surface area (Å²) in [5.41, 5.74) is 2.07. The minimum absolute atomic E-state index is 0.0896. The molecule has 1 atom stereocenters. The van der Waals surface area contributed by atoms with E-state index in [4.69, 9.17) is 19.4 Å². The standard InChI is InChI=1S/C20H33N5O2/c1-17-12-18(22-19(21-17)24-6-4-3-5-7-24)13-25-9-11-27-16-20(25)14-23(2)8-10-26-15-20/h12H,3-11,13-16H2,1-2H3. The van der Waals surface area contributed by atoms with E-state index in [0.29, 0.717) is 0 Å². The van der Waals surface area contributed by atoms with Crippen molar-refractivity contribution in [2.75, 3.05) is 71.1 Å². The number of nitrogens with zero attached hydrogens (tertiary/aromatic N) is 5. The monoisotopic (exact) mass is 375 g/mol. The Hall–Kier alpha value is -1.28. The minimum Gasteiger partial charge on any atom is -0.378 e. The summed E-state index contributed by atoms with van der Waals surface area (Å²) in [6.07, 6.45) is 3.80. The van der Waals surface area contributed by atoms with Crippen LogP contribution in [-0.4, -0.2) is 91.5 Å². The summed E-state index contributed by atoms with van der Waals surface area (Å²) in [4.78, 5) is 16.9. The zero-order valence-corrected chi connectivity index (χ0v) is 16.8. The normalized spacial score (nSPS) is 28.4. The van der Waals surface area contributed by atoms with E-state index in [0.717, 1.165) is 83.0 Å². The average molecular weight is 376 g/mol. The lowest BCUT2D eigenvalue weighted by atomic mass is 9.96. The number of anilines is 1. The van der Waals surface area contributed by atoms with Gasteiger partial charge in [0, 0.05) is 45.0 Å². The van der Waals surface area contributed by atoms with Crippen LogP contribution in [0.4, 0.5) is 5.95 Å². The fourth-order valence-electron chi connectivity index (χ4n) is 4.53. The second-order valence-corrected chi connectivity index (χ2v) is 8.34. The first-order valence-corrected chi connectivity index (χ1v) is 10.3. The number of aromatic nitrogens is 2. The van der Waals surface area contributed by atoms with Gasteiger partial charge in [-0.15, -0.1) is 0 Å². The SMILES string of the molecule is Cc1cc(CN2CCOCC23COCCN(C)C3)nc(N2CCCCC2)n1. The van der Waals surface area contributed by atoms with Crippen molar-refractivity contribution in [3.05, 3.63) is 17.5 Å². The van der Waals surface area contributed by atoms with Crippen LogP contribution in [0.2, 0.25) is 0 Å². The highest BCUT2D eigenvalue weighted by molar-refractivity contribution is 5.33. The van der Waals surface area contributed by atoms with Gasteiger partial charge in [0.1, 0.15) is 0 Å². The predicted molar refractivity (Wildman–Crippen MR) is 105 cm³/mol. The van der Waals surface area contributed by atoms with Crippen LogP contribution in [0.3, 0.4) is 0 Å². The molecule has 0 N–H and O–H groups in total. The summed E-state index contributed by atoms with van der Waals surface area (Å²) >= 11 is 0. The maximum Gasteiger partial charge on any atom is 0.225 e. The second kappa shape index (κ2) is 8.39. The molecule has 3 saturated heterocycles. The van der Waals surface area contributed by atoms with Crippen LogP contribution in [0.25, 0.3) is 0 Å². The molecular formula is C20H33N5O2. The third kappa shape index (κ3) is 4.42. The fourth-order valence-corrected chi connectivity index (χ4v) is 4.53. The number of hydrogen-bond acceptors (Lipinski definition) is 7. The Kier molecular flexibility index (Phi) is 5.92. The first kappa shape index (κ1) is 19.1. The lowest BCUT2D eigenvalue weighted by Crippen LogP contribution is -2.63. The molecule has 0 aromatic carbocycles. The molecule has 3 fully saturated rings. The highest BCUT2D eigenvalue weighted by Crippen LogP contribution is 2.26. The Morgan fingerprint density at radius 1 is 1.00 bits per heavy atom. The number of morpholine rings is 1. The summed E-state index contributed by atoms with van der Waals surface area (Å²) in [6, 6.07) is 2.14. The Morgan fingerprint density at radius 3 is 2.52 bits per heavy atom. The highest BCUT2D eigenvalue weighted by atomic mass is 16.5. The predicted octanol–water partition coefficient (Wildman–Crippen LogP) is 1.31. The number of piperidine rings is 1. The van der Waals surface area contributed by atoms with Crippen molar-refractivity contribution < 1.29 is 9.47 Å². The summed E-state index contributed by atoms with van der Waals surface area (Å²) < 4.78 is 11.9. The molecule has 150 valence electrons. The van der Waals surface area contributed by atoms with Crippen molar-refractivity contribution in [3.63, 3.8) is 0 Å². The molecule has 3 aliphatic heterocycles. The van der Waals surface area contributed by atoms with E-state index in [-0.39, 0.29) is 5.54 Å². The zero-order valence-electron chi connectivity index (χ0n) is 16.8. The molecular weight excluding hydrogens is 342 g/mol. The van der Waals surface area contributed by atoms with Crippen LogP contribution in [0.15, 0.2) is 6.07 Å². The molecule has 7 heteroatoms. The molecule has 1 aromatic heterocycles. The van der Waals surface area contributed by atoms with Crippen LogP contribution >= 0.6 is 0 Å². The first-order valence-electron chi connectivity index (χ1n) is 10.3. The van der Waals surface area contributed by atoms with E-state index in [9.17, 15) is 0 Å². The van der Waals surface area contributed by atoms with Gasteiger partial charge in [-0.1, -0.05) is 0 Å². The second-order valence-electron chi connectivity index (χ2n) is 8.34. The topological polar surface area (TPSA) is 54.0 Å². The number of aryl methyl sites for hydroxylation is 1. The third-order valence-electron chi connectivity index (χ3n) is 5.99. The van der Waals surface area contributed by atoms with Gasteiger partial charge in [-0.25, -0.2) is 9.97 Å². The fraction of sp³-hybridized carbons (Fsp3) is 0.800. The lowest BCUT2D eigenvalue weighted by Gasteiger charge is -2.47. The van der Waals surface area contributed by atoms with Gasteiger partial charge in [-0.05, 0) is 39.3 Å². The molecule has 0 aliphatic carbocycles. The number of rotatable bonds is 3. The molecule has 0 radical (unpaired) electrons. The smallest absolute Gasteiger partial charge is 0.225 e. The largest absolute Gasteiger partial charge is 0.378 e. The number of likely N-dealkylation sites (N-methyl/N-ethyl adjacent to an activating group) is 1. The number of ether oxygens (including phenoxy) is 2. The summed E-state index contributed by atoms with van der Waals surface area (Å²) in [5, 5.41) is 0. The maximum atomic E-state index is 5.96. The van der Waals surface area contributed by atoms with Gasteiger partial charge >= 0.3 is 0 Å². The Labute approximate surface area is 162 Å². The van der Waals surface area contributed by atoms with Crippen molar-refractivity contribution in [3.8, 4) is 0 Å². The van der Waals surface area contributed by atoms with Gasteiger partial charge in [-0.3, -0.25) is 4.90 Å². The van der Waals surface area contributed by atoms with Crippen molar-refractivity contribution in [1.29, 1.82) is 0 Å². The van der Waals surface area contributed by atoms with E-state index in [2.05, 4.69) is 34.7 Å². The van der Waals surface area contributed by atoms with Gasteiger partial charge in [0.15, 0.2) is 0 Å². The molecule has 3 aliphatic rings. The van der Waals surface area contributed by atoms with E-state index in [1.807, 2.05) is 0 Å². The van der Waals surface area contributed by atoms with Gasteiger partial charge in [-0.2, -0.15) is 0 Å². The zero-order chi connectivity index (χ0) is 18.7. The maximum absolute atomic E-state index is 5.96. The molecule has 1 aromatic rings. The molecule has 27 heavy (non-hydrogen) atoms. The molecule has 7 nitrogen and oxygen atoms in total. The van der Waals surface area contributed by atoms with Gasteiger partial charge in [0.25, 0.3) is 0 Å². The van der Waals surface area contributed by atoms with E-state index in [1.54, 1.807) is 0 Å². The van der Waals surface area contributed by atoms with Crippen LogP contribution in [-0.2, 0) is 16.0 Å². The number of hydrogen-bond donors (Lipinski definition) is 0. The van der Waals surface area contributed by atoms with Crippen molar-refractivity contribution in [2.24, 2.45) is 0 Å². The van der Waals surface area contributed by atoms with E-state index in [1.165, 1.54) is 19.3 Å². The minimum atomic E-state index is -0.0896. The molecule has 0 saturated carbocycles. The molecule has 1 spiro atoms. The van der Waals surface area contributed by atoms with Crippen molar-refractivity contribution in [1.82, 2.24) is 19.8 Å².